The van der Waals surface area contributed by atoms with Crippen LogP contribution in [-0.2, 0) is 9.53 Å². The number of hydrogen-bond donors (Lipinski definition) is 1. The van der Waals surface area contributed by atoms with E-state index < -0.39 is 12.4 Å². The second-order valence-electron chi connectivity index (χ2n) is 2.38. The predicted molar refractivity (Wildman–Crippen MR) is 35.3 cm³/mol. The molecule has 56 valence electrons. The summed E-state index contributed by atoms with van der Waals surface area (Å²) in [6.45, 7) is 3.30. The van der Waals surface area contributed by atoms with Crippen molar-refractivity contribution in [1.29, 1.82) is 0 Å². The van der Waals surface area contributed by atoms with Gasteiger partial charge in [-0.25, -0.2) is 0 Å². The molecule has 0 aromatic carbocycles. The molecule has 0 saturated carbocycles. The van der Waals surface area contributed by atoms with Crippen molar-refractivity contribution in [3.63, 3.8) is 0 Å². The Morgan fingerprint density at radius 2 is 2.30 bits per heavy atom. The van der Waals surface area contributed by atoms with Crippen molar-refractivity contribution in [2.75, 3.05) is 0 Å². The molecule has 0 aromatic heterocycles. The fourth-order valence-corrected chi connectivity index (χ4v) is 0.927. The minimum Gasteiger partial charge on any atom is -0.365 e. The van der Waals surface area contributed by atoms with E-state index in [0.29, 0.717) is 5.57 Å². The fraction of sp³-hybridized carbons (Fsp3) is 0.571. The molecule has 2 atom stereocenters. The number of Topliss-reactive ketones (excluding diaryl/α,β-unsaturated/α-hetero) is 1. The number of carbonyl (C=O) groups is 1. The molecular formula is C7H10O3. The lowest BCUT2D eigenvalue weighted by Gasteiger charge is -2.20. The van der Waals surface area contributed by atoms with Gasteiger partial charge in [0, 0.05) is 0 Å². The maximum absolute atomic E-state index is 11.0. The van der Waals surface area contributed by atoms with Crippen LogP contribution in [0.15, 0.2) is 11.6 Å². The van der Waals surface area contributed by atoms with Gasteiger partial charge in [-0.1, -0.05) is 0 Å². The normalized spacial score (nSPS) is 33.9. The predicted octanol–water partition coefficient (Wildman–Crippen LogP) is 0.239. The first kappa shape index (κ1) is 7.44. The van der Waals surface area contributed by atoms with E-state index in [4.69, 9.17) is 9.84 Å². The number of carbonyl (C=O) groups excluding carboxylic acids is 1. The lowest BCUT2D eigenvalue weighted by Crippen LogP contribution is -2.31. The maximum atomic E-state index is 11.0. The van der Waals surface area contributed by atoms with Crippen molar-refractivity contribution in [3.8, 4) is 0 Å². The number of aliphatic hydroxyl groups excluding tert-OH is 1. The lowest BCUT2D eigenvalue weighted by molar-refractivity contribution is -0.146. The van der Waals surface area contributed by atoms with Gasteiger partial charge in [0.05, 0.1) is 0 Å². The van der Waals surface area contributed by atoms with Gasteiger partial charge in [-0.05, 0) is 25.5 Å². The third kappa shape index (κ3) is 1.25. The zero-order valence-corrected chi connectivity index (χ0v) is 6.00. The Balaban J connectivity index is 2.81. The molecule has 10 heavy (non-hydrogen) atoms. The summed E-state index contributed by atoms with van der Waals surface area (Å²) < 4.78 is 4.80. The highest BCUT2D eigenvalue weighted by Gasteiger charge is 2.23. The molecule has 0 fully saturated rings. The van der Waals surface area contributed by atoms with Gasteiger partial charge in [0.1, 0.15) is 6.10 Å². The van der Waals surface area contributed by atoms with E-state index in [2.05, 4.69) is 0 Å². The molecule has 3 nitrogen and oxygen atoms in total. The molecule has 0 bridgehead atoms. The van der Waals surface area contributed by atoms with Crippen molar-refractivity contribution < 1.29 is 14.6 Å². The Hall–Kier alpha value is -0.670. The van der Waals surface area contributed by atoms with E-state index in [9.17, 15) is 4.79 Å². The minimum absolute atomic E-state index is 0.0506. The molecular weight excluding hydrogens is 132 g/mol. The molecule has 1 aliphatic heterocycles. The number of hydrogen-bond acceptors (Lipinski definition) is 3. The summed E-state index contributed by atoms with van der Waals surface area (Å²) in [5, 5.41) is 8.92. The van der Waals surface area contributed by atoms with Crippen LogP contribution in [0.1, 0.15) is 13.8 Å². The lowest BCUT2D eigenvalue weighted by atomic mass is 10.1. The highest BCUT2D eigenvalue weighted by atomic mass is 16.6. The fourth-order valence-electron chi connectivity index (χ4n) is 0.927. The molecule has 0 saturated heterocycles. The highest BCUT2D eigenvalue weighted by molar-refractivity contribution is 5.98. The Morgan fingerprint density at radius 1 is 1.70 bits per heavy atom. The first-order chi connectivity index (χ1) is 4.61. The van der Waals surface area contributed by atoms with Crippen LogP contribution < -0.4 is 0 Å². The molecule has 3 heteroatoms. The van der Waals surface area contributed by atoms with Gasteiger partial charge < -0.3 is 9.84 Å². The van der Waals surface area contributed by atoms with Crippen molar-refractivity contribution in [2.45, 2.75) is 26.2 Å². The van der Waals surface area contributed by atoms with Crippen LogP contribution in [0.3, 0.4) is 0 Å². The van der Waals surface area contributed by atoms with Gasteiger partial charge in [-0.15, -0.1) is 0 Å². The van der Waals surface area contributed by atoms with Gasteiger partial charge in [0.15, 0.2) is 12.1 Å². The van der Waals surface area contributed by atoms with E-state index in [-0.39, 0.29) is 5.78 Å². The SMILES string of the molecule is CC1=CC(O)OC(C)C1=O. The zero-order chi connectivity index (χ0) is 7.72. The Bertz CT molecular complexity index is 183. The summed E-state index contributed by atoms with van der Waals surface area (Å²) in [5.41, 5.74) is 0.575. The van der Waals surface area contributed by atoms with Crippen molar-refractivity contribution >= 4 is 5.78 Å². The summed E-state index contributed by atoms with van der Waals surface area (Å²) in [4.78, 5) is 11.0. The van der Waals surface area contributed by atoms with Gasteiger partial charge in [0.25, 0.3) is 0 Å². The molecule has 0 radical (unpaired) electrons. The average Bonchev–Trinajstić information content (AvgIpc) is 1.82. The van der Waals surface area contributed by atoms with Crippen LogP contribution in [-0.4, -0.2) is 23.3 Å². The van der Waals surface area contributed by atoms with E-state index in [1.807, 2.05) is 0 Å². The van der Waals surface area contributed by atoms with E-state index >= 15 is 0 Å². The van der Waals surface area contributed by atoms with Crippen molar-refractivity contribution in [2.24, 2.45) is 0 Å². The van der Waals surface area contributed by atoms with Gasteiger partial charge >= 0.3 is 0 Å². The van der Waals surface area contributed by atoms with Crippen LogP contribution >= 0.6 is 0 Å². The van der Waals surface area contributed by atoms with Crippen molar-refractivity contribution in [3.05, 3.63) is 11.6 Å². The van der Waals surface area contributed by atoms with Gasteiger partial charge in [0.2, 0.25) is 0 Å². The van der Waals surface area contributed by atoms with Crippen LogP contribution in [0, 0.1) is 0 Å². The second kappa shape index (κ2) is 2.52. The summed E-state index contributed by atoms with van der Waals surface area (Å²) in [5.74, 6) is -0.0506. The quantitative estimate of drug-likeness (QED) is 0.527. The zero-order valence-electron chi connectivity index (χ0n) is 6.00. The van der Waals surface area contributed by atoms with E-state index in [0.717, 1.165) is 0 Å². The molecule has 2 unspecified atom stereocenters. The Morgan fingerprint density at radius 3 is 2.80 bits per heavy atom. The van der Waals surface area contributed by atoms with Crippen LogP contribution in [0.4, 0.5) is 0 Å². The first-order valence-electron chi connectivity index (χ1n) is 3.17. The van der Waals surface area contributed by atoms with Crippen molar-refractivity contribution in [1.82, 2.24) is 0 Å². The maximum Gasteiger partial charge on any atom is 0.186 e. The largest absolute Gasteiger partial charge is 0.365 e. The second-order valence-corrected chi connectivity index (χ2v) is 2.38. The van der Waals surface area contributed by atoms with Crippen LogP contribution in [0.5, 0.6) is 0 Å². The summed E-state index contributed by atoms with van der Waals surface area (Å²) in [7, 11) is 0. The Labute approximate surface area is 59.3 Å². The van der Waals surface area contributed by atoms with Crippen LogP contribution in [0.2, 0.25) is 0 Å². The minimum atomic E-state index is -0.910. The molecule has 0 amide bonds. The first-order valence-corrected chi connectivity index (χ1v) is 3.17. The molecule has 1 rings (SSSR count). The van der Waals surface area contributed by atoms with Crippen LogP contribution in [0.25, 0.3) is 0 Å². The standard InChI is InChI=1S/C7H10O3/c1-4-3-6(8)10-5(2)7(4)9/h3,5-6,8H,1-2H3. The summed E-state index contributed by atoms with van der Waals surface area (Å²) in [6, 6.07) is 0. The molecule has 0 spiro atoms. The monoisotopic (exact) mass is 142 g/mol. The third-order valence-corrected chi connectivity index (χ3v) is 1.49. The number of aliphatic hydroxyl groups is 1. The number of ether oxygens (including phenoxy) is 1. The van der Waals surface area contributed by atoms with Gasteiger partial charge in [-0.3, -0.25) is 4.79 Å². The topological polar surface area (TPSA) is 46.5 Å². The molecule has 0 aromatic rings. The molecule has 1 N–H and O–H groups in total. The summed E-state index contributed by atoms with van der Waals surface area (Å²) >= 11 is 0. The van der Waals surface area contributed by atoms with E-state index in [1.54, 1.807) is 13.8 Å². The Kier molecular flexibility index (Phi) is 1.87. The molecule has 1 heterocycles. The number of rotatable bonds is 0. The number of ketones is 1. The summed E-state index contributed by atoms with van der Waals surface area (Å²) in [6.07, 6.45) is -0.00444. The third-order valence-electron chi connectivity index (χ3n) is 1.49. The average molecular weight is 142 g/mol. The van der Waals surface area contributed by atoms with Gasteiger partial charge in [-0.2, -0.15) is 0 Å². The highest BCUT2D eigenvalue weighted by Crippen LogP contribution is 2.12. The van der Waals surface area contributed by atoms with E-state index in [1.165, 1.54) is 6.08 Å². The molecule has 0 aliphatic carbocycles. The molecule has 1 aliphatic rings. The smallest absolute Gasteiger partial charge is 0.186 e.